The average Bonchev–Trinajstić information content (AvgIpc) is 2.28. The van der Waals surface area contributed by atoms with Crippen molar-refractivity contribution in [1.82, 2.24) is 15.3 Å². The normalized spacial score (nSPS) is 10.6. The number of rotatable bonds is 5. The van der Waals surface area contributed by atoms with Crippen molar-refractivity contribution >= 4 is 34.9 Å². The predicted octanol–water partition coefficient (Wildman–Crippen LogP) is 2.13. The standard InChI is InChI=1S/C11H16Cl2N4O/c1-4-17(6-9(18)15-7(2)3)10-8(12)5-14-11(13)16-10/h5,7H,4,6H2,1-3H3,(H,15,18). The van der Waals surface area contributed by atoms with Crippen LogP contribution in [0.25, 0.3) is 0 Å². The maximum Gasteiger partial charge on any atom is 0.239 e. The Morgan fingerprint density at radius 3 is 2.72 bits per heavy atom. The number of anilines is 1. The van der Waals surface area contributed by atoms with Gasteiger partial charge in [0.05, 0.1) is 12.7 Å². The highest BCUT2D eigenvalue weighted by atomic mass is 35.5. The van der Waals surface area contributed by atoms with E-state index in [0.717, 1.165) is 0 Å². The van der Waals surface area contributed by atoms with Crippen LogP contribution in [0.5, 0.6) is 0 Å². The third kappa shape index (κ3) is 4.31. The number of hydrogen-bond acceptors (Lipinski definition) is 4. The van der Waals surface area contributed by atoms with E-state index in [-0.39, 0.29) is 23.8 Å². The molecule has 0 radical (unpaired) electrons. The van der Waals surface area contributed by atoms with Crippen molar-refractivity contribution in [1.29, 1.82) is 0 Å². The molecule has 0 fully saturated rings. The first-order valence-electron chi connectivity index (χ1n) is 5.66. The number of nitrogens with one attached hydrogen (secondary N) is 1. The van der Waals surface area contributed by atoms with Crippen LogP contribution in [0.4, 0.5) is 5.82 Å². The molecule has 5 nitrogen and oxygen atoms in total. The van der Waals surface area contributed by atoms with Gasteiger partial charge in [-0.05, 0) is 32.4 Å². The highest BCUT2D eigenvalue weighted by molar-refractivity contribution is 6.33. The second-order valence-corrected chi connectivity index (χ2v) is 4.79. The molecule has 0 aliphatic rings. The van der Waals surface area contributed by atoms with Crippen molar-refractivity contribution in [2.24, 2.45) is 0 Å². The summed E-state index contributed by atoms with van der Waals surface area (Å²) in [5, 5.41) is 3.29. The summed E-state index contributed by atoms with van der Waals surface area (Å²) >= 11 is 11.7. The monoisotopic (exact) mass is 290 g/mol. The number of likely N-dealkylation sites (N-methyl/N-ethyl adjacent to an activating group) is 1. The summed E-state index contributed by atoms with van der Waals surface area (Å²) in [7, 11) is 0. The summed E-state index contributed by atoms with van der Waals surface area (Å²) in [6.45, 7) is 6.50. The lowest BCUT2D eigenvalue weighted by Crippen LogP contribution is -2.40. The third-order valence-electron chi connectivity index (χ3n) is 2.16. The van der Waals surface area contributed by atoms with E-state index in [1.807, 2.05) is 20.8 Å². The van der Waals surface area contributed by atoms with Gasteiger partial charge in [0.2, 0.25) is 11.2 Å². The van der Waals surface area contributed by atoms with Crippen LogP contribution in [0.2, 0.25) is 10.3 Å². The molecule has 0 atom stereocenters. The summed E-state index contributed by atoms with van der Waals surface area (Å²) < 4.78 is 0. The number of nitrogens with zero attached hydrogens (tertiary/aromatic N) is 3. The number of hydrogen-bond donors (Lipinski definition) is 1. The lowest BCUT2D eigenvalue weighted by Gasteiger charge is -2.22. The summed E-state index contributed by atoms with van der Waals surface area (Å²) in [5.74, 6) is 0.385. The van der Waals surface area contributed by atoms with E-state index in [1.54, 1.807) is 4.90 Å². The zero-order valence-corrected chi connectivity index (χ0v) is 12.1. The molecule has 0 spiro atoms. The van der Waals surface area contributed by atoms with E-state index in [9.17, 15) is 4.79 Å². The van der Waals surface area contributed by atoms with E-state index in [2.05, 4.69) is 15.3 Å². The van der Waals surface area contributed by atoms with Gasteiger partial charge in [0, 0.05) is 12.6 Å². The Morgan fingerprint density at radius 2 is 2.17 bits per heavy atom. The van der Waals surface area contributed by atoms with Crippen LogP contribution in [0, 0.1) is 0 Å². The molecular formula is C11H16Cl2N4O. The van der Waals surface area contributed by atoms with E-state index in [1.165, 1.54) is 6.20 Å². The van der Waals surface area contributed by atoms with Gasteiger partial charge in [-0.2, -0.15) is 4.98 Å². The lowest BCUT2D eigenvalue weighted by atomic mass is 10.3. The number of carbonyl (C=O) groups is 1. The molecule has 0 aliphatic carbocycles. The maximum atomic E-state index is 11.7. The second kappa shape index (κ2) is 6.75. The predicted molar refractivity (Wildman–Crippen MR) is 73.2 cm³/mol. The van der Waals surface area contributed by atoms with Gasteiger partial charge in [0.1, 0.15) is 5.02 Å². The molecule has 1 aromatic rings. The molecule has 0 bridgehead atoms. The quantitative estimate of drug-likeness (QED) is 0.844. The molecule has 100 valence electrons. The van der Waals surface area contributed by atoms with Crippen molar-refractivity contribution < 1.29 is 4.79 Å². The van der Waals surface area contributed by atoms with E-state index in [4.69, 9.17) is 23.2 Å². The van der Waals surface area contributed by atoms with Crippen LogP contribution >= 0.6 is 23.2 Å². The summed E-state index contributed by atoms with van der Waals surface area (Å²) in [6.07, 6.45) is 1.43. The van der Waals surface area contributed by atoms with Gasteiger partial charge in [-0.1, -0.05) is 11.6 Å². The Morgan fingerprint density at radius 1 is 1.50 bits per heavy atom. The maximum absolute atomic E-state index is 11.7. The molecule has 1 rings (SSSR count). The summed E-state index contributed by atoms with van der Waals surface area (Å²) in [4.78, 5) is 21.3. The van der Waals surface area contributed by atoms with E-state index < -0.39 is 0 Å². The van der Waals surface area contributed by atoms with Crippen LogP contribution < -0.4 is 10.2 Å². The molecule has 1 heterocycles. The fourth-order valence-electron chi connectivity index (χ4n) is 1.44. The molecule has 0 unspecified atom stereocenters. The minimum atomic E-state index is -0.0855. The Balaban J connectivity index is 2.83. The fourth-order valence-corrected chi connectivity index (χ4v) is 1.78. The molecule has 0 aliphatic heterocycles. The van der Waals surface area contributed by atoms with Crippen molar-refractivity contribution in [3.8, 4) is 0 Å². The molecule has 7 heteroatoms. The molecule has 0 saturated carbocycles. The van der Waals surface area contributed by atoms with Gasteiger partial charge in [0.15, 0.2) is 5.82 Å². The molecule has 1 N–H and O–H groups in total. The molecule has 18 heavy (non-hydrogen) atoms. The van der Waals surface area contributed by atoms with Crippen LogP contribution in [-0.2, 0) is 4.79 Å². The molecular weight excluding hydrogens is 275 g/mol. The van der Waals surface area contributed by atoms with Crippen molar-refractivity contribution in [3.63, 3.8) is 0 Å². The fraction of sp³-hybridized carbons (Fsp3) is 0.545. The number of amides is 1. The summed E-state index contributed by atoms with van der Waals surface area (Å²) in [6, 6.07) is 0.0978. The minimum Gasteiger partial charge on any atom is -0.352 e. The Hall–Kier alpha value is -1.07. The zero-order chi connectivity index (χ0) is 13.7. The van der Waals surface area contributed by atoms with Crippen molar-refractivity contribution in [2.45, 2.75) is 26.8 Å². The topological polar surface area (TPSA) is 58.1 Å². The molecule has 0 saturated heterocycles. The van der Waals surface area contributed by atoms with Crippen LogP contribution in [-0.4, -0.2) is 35.0 Å². The Bertz CT molecular complexity index is 426. The highest BCUT2D eigenvalue weighted by Gasteiger charge is 2.15. The first kappa shape index (κ1) is 15.0. The van der Waals surface area contributed by atoms with Crippen molar-refractivity contribution in [2.75, 3.05) is 18.0 Å². The van der Waals surface area contributed by atoms with Gasteiger partial charge < -0.3 is 10.2 Å². The van der Waals surface area contributed by atoms with Crippen molar-refractivity contribution in [3.05, 3.63) is 16.5 Å². The average molecular weight is 291 g/mol. The van der Waals surface area contributed by atoms with Gasteiger partial charge >= 0.3 is 0 Å². The Kier molecular flexibility index (Phi) is 5.62. The molecule has 1 aromatic heterocycles. The number of aromatic nitrogens is 2. The van der Waals surface area contributed by atoms with Gasteiger partial charge in [-0.25, -0.2) is 4.98 Å². The first-order chi connectivity index (χ1) is 8.43. The third-order valence-corrected chi connectivity index (χ3v) is 2.61. The highest BCUT2D eigenvalue weighted by Crippen LogP contribution is 2.23. The Labute approximate surface area is 117 Å². The van der Waals surface area contributed by atoms with E-state index >= 15 is 0 Å². The number of carbonyl (C=O) groups excluding carboxylic acids is 1. The second-order valence-electron chi connectivity index (χ2n) is 4.05. The van der Waals surface area contributed by atoms with Crippen LogP contribution in [0.1, 0.15) is 20.8 Å². The summed E-state index contributed by atoms with van der Waals surface area (Å²) in [5.41, 5.74) is 0. The smallest absolute Gasteiger partial charge is 0.239 e. The number of halogens is 2. The van der Waals surface area contributed by atoms with Gasteiger partial charge in [-0.15, -0.1) is 0 Å². The zero-order valence-electron chi connectivity index (χ0n) is 10.6. The molecule has 0 aromatic carbocycles. The van der Waals surface area contributed by atoms with Crippen LogP contribution in [0.15, 0.2) is 6.20 Å². The van der Waals surface area contributed by atoms with Crippen LogP contribution in [0.3, 0.4) is 0 Å². The SMILES string of the molecule is CCN(CC(=O)NC(C)C)c1nc(Cl)ncc1Cl. The first-order valence-corrected chi connectivity index (χ1v) is 6.42. The molecule has 1 amide bonds. The largest absolute Gasteiger partial charge is 0.352 e. The van der Waals surface area contributed by atoms with Gasteiger partial charge in [0.25, 0.3) is 0 Å². The van der Waals surface area contributed by atoms with E-state index in [0.29, 0.717) is 17.4 Å². The van der Waals surface area contributed by atoms with Gasteiger partial charge in [-0.3, -0.25) is 4.79 Å². The lowest BCUT2D eigenvalue weighted by molar-refractivity contribution is -0.120. The minimum absolute atomic E-state index is 0.0855.